The van der Waals surface area contributed by atoms with Crippen LogP contribution in [-0.4, -0.2) is 38.8 Å². The van der Waals surface area contributed by atoms with Crippen LogP contribution in [0.5, 0.6) is 0 Å². The maximum atomic E-state index is 14.1. The monoisotopic (exact) mass is 387 g/mol. The van der Waals surface area contributed by atoms with Gasteiger partial charge in [-0.15, -0.1) is 0 Å². The van der Waals surface area contributed by atoms with Crippen LogP contribution in [0, 0.1) is 11.6 Å². The van der Waals surface area contributed by atoms with E-state index in [-0.39, 0.29) is 18.5 Å². The van der Waals surface area contributed by atoms with Crippen molar-refractivity contribution in [2.45, 2.75) is 56.3 Å². The number of fused-ring (bicyclic) bond motifs is 2. The van der Waals surface area contributed by atoms with Crippen LogP contribution >= 0.6 is 0 Å². The molecule has 2 aromatic carbocycles. The minimum Gasteiger partial charge on any atom is -0.478 e. The van der Waals surface area contributed by atoms with Gasteiger partial charge in [0.25, 0.3) is 0 Å². The minimum absolute atomic E-state index is 0.120. The molecule has 148 valence electrons. The van der Waals surface area contributed by atoms with Crippen LogP contribution in [0.2, 0.25) is 0 Å². The molecule has 6 heteroatoms. The van der Waals surface area contributed by atoms with Crippen molar-refractivity contribution in [1.29, 1.82) is 0 Å². The minimum atomic E-state index is -1.03. The lowest BCUT2D eigenvalue weighted by Crippen LogP contribution is -2.51. The van der Waals surface area contributed by atoms with Crippen molar-refractivity contribution in [2.75, 3.05) is 0 Å². The molecule has 0 aromatic heterocycles. The second-order valence-corrected chi connectivity index (χ2v) is 8.06. The lowest BCUT2D eigenvalue weighted by Gasteiger charge is -2.44. The Bertz CT molecular complexity index is 887. The quantitative estimate of drug-likeness (QED) is 0.820. The van der Waals surface area contributed by atoms with Crippen molar-refractivity contribution in [3.05, 3.63) is 70.8 Å². The molecule has 2 bridgehead atoms. The molecule has 28 heavy (non-hydrogen) atoms. The highest BCUT2D eigenvalue weighted by atomic mass is 19.1. The highest BCUT2D eigenvalue weighted by molar-refractivity contribution is 5.89. The number of nitrogens with zero attached hydrogens (tertiary/aromatic N) is 1. The summed E-state index contributed by atoms with van der Waals surface area (Å²) in [6, 6.07) is 10.7. The summed E-state index contributed by atoms with van der Waals surface area (Å²) in [7, 11) is 0. The molecular weight excluding hydrogens is 364 g/mol. The number of hydrogen-bond acceptors (Lipinski definition) is 3. The third kappa shape index (κ3) is 3.66. The number of rotatable bonds is 5. The molecule has 0 amide bonds. The molecule has 2 unspecified atom stereocenters. The zero-order valence-corrected chi connectivity index (χ0v) is 15.4. The van der Waals surface area contributed by atoms with Crippen molar-refractivity contribution >= 4 is 5.97 Å². The first-order valence-corrected chi connectivity index (χ1v) is 9.58. The maximum absolute atomic E-state index is 14.1. The fourth-order valence-corrected chi connectivity index (χ4v) is 4.90. The zero-order valence-electron chi connectivity index (χ0n) is 15.4. The summed E-state index contributed by atoms with van der Waals surface area (Å²) in [4.78, 5) is 13.8. The lowest BCUT2D eigenvalue weighted by molar-refractivity contribution is -0.0545. The van der Waals surface area contributed by atoms with E-state index < -0.39 is 23.2 Å². The predicted octanol–water partition coefficient (Wildman–Crippen LogP) is 3.76. The highest BCUT2D eigenvalue weighted by Gasteiger charge is 2.47. The fourth-order valence-electron chi connectivity index (χ4n) is 4.90. The topological polar surface area (TPSA) is 60.8 Å². The number of aliphatic hydroxyl groups is 1. The molecule has 2 N–H and O–H groups in total. The Morgan fingerprint density at radius 3 is 2.39 bits per heavy atom. The van der Waals surface area contributed by atoms with Gasteiger partial charge in [-0.3, -0.25) is 4.90 Å². The molecule has 0 aliphatic carbocycles. The summed E-state index contributed by atoms with van der Waals surface area (Å²) in [6.07, 6.45) is 3.00. The van der Waals surface area contributed by atoms with Crippen LogP contribution in [0.15, 0.2) is 42.5 Å². The molecule has 2 heterocycles. The summed E-state index contributed by atoms with van der Waals surface area (Å²) < 4.78 is 27.2. The normalized spacial score (nSPS) is 27.1. The van der Waals surface area contributed by atoms with Crippen molar-refractivity contribution in [2.24, 2.45) is 0 Å². The molecule has 4 rings (SSSR count). The Balaban J connectivity index is 1.51. The second-order valence-electron chi connectivity index (χ2n) is 8.06. The molecule has 2 atom stereocenters. The SMILES string of the molecule is O=C(O)c1ccccc1CN1C2CCC1CC(O)(Cc1ccc(F)cc1F)C2. The first-order chi connectivity index (χ1) is 13.3. The van der Waals surface area contributed by atoms with E-state index in [1.54, 1.807) is 12.1 Å². The zero-order chi connectivity index (χ0) is 19.9. The number of carboxylic acid groups (broad SMARTS) is 1. The van der Waals surface area contributed by atoms with E-state index in [1.807, 2.05) is 12.1 Å². The van der Waals surface area contributed by atoms with Crippen LogP contribution in [0.4, 0.5) is 8.78 Å². The summed E-state index contributed by atoms with van der Waals surface area (Å²) in [5, 5.41) is 20.6. The average Bonchev–Trinajstić information content (AvgIpc) is 2.89. The number of halogens is 2. The molecule has 0 saturated carbocycles. The molecule has 0 spiro atoms. The molecule has 2 fully saturated rings. The van der Waals surface area contributed by atoms with Crippen LogP contribution in [0.25, 0.3) is 0 Å². The summed E-state index contributed by atoms with van der Waals surface area (Å²) in [5.74, 6) is -2.19. The number of carbonyl (C=O) groups is 1. The number of hydrogen-bond donors (Lipinski definition) is 2. The first kappa shape index (κ1) is 19.0. The van der Waals surface area contributed by atoms with E-state index in [9.17, 15) is 23.8 Å². The van der Waals surface area contributed by atoms with E-state index in [2.05, 4.69) is 4.90 Å². The van der Waals surface area contributed by atoms with Gasteiger partial charge in [-0.1, -0.05) is 24.3 Å². The van der Waals surface area contributed by atoms with Gasteiger partial charge in [0.15, 0.2) is 0 Å². The smallest absolute Gasteiger partial charge is 0.336 e. The largest absolute Gasteiger partial charge is 0.478 e. The molecule has 4 nitrogen and oxygen atoms in total. The van der Waals surface area contributed by atoms with Gasteiger partial charge in [-0.05, 0) is 48.9 Å². The Morgan fingerprint density at radius 2 is 1.75 bits per heavy atom. The third-order valence-electron chi connectivity index (χ3n) is 6.14. The van der Waals surface area contributed by atoms with E-state index in [1.165, 1.54) is 12.1 Å². The number of aromatic carboxylic acids is 1. The van der Waals surface area contributed by atoms with Gasteiger partial charge in [0, 0.05) is 31.1 Å². The van der Waals surface area contributed by atoms with Crippen molar-refractivity contribution in [3.8, 4) is 0 Å². The average molecular weight is 387 g/mol. The van der Waals surface area contributed by atoms with Crippen molar-refractivity contribution in [3.63, 3.8) is 0 Å². The standard InChI is InChI=1S/C22H23F2NO3/c23-16-6-5-14(20(24)9-16)10-22(28)11-17-7-8-18(12-22)25(17)13-15-3-1-2-4-19(15)21(26)27/h1-6,9,17-18,28H,7-8,10-13H2,(H,26,27). The van der Waals surface area contributed by atoms with Crippen molar-refractivity contribution < 1.29 is 23.8 Å². The van der Waals surface area contributed by atoms with Gasteiger partial charge in [0.1, 0.15) is 11.6 Å². The fraction of sp³-hybridized carbons (Fsp3) is 0.409. The molecule has 2 saturated heterocycles. The maximum Gasteiger partial charge on any atom is 0.336 e. The van der Waals surface area contributed by atoms with Gasteiger partial charge in [0.2, 0.25) is 0 Å². The second kappa shape index (κ2) is 7.26. The van der Waals surface area contributed by atoms with E-state index >= 15 is 0 Å². The molecule has 2 aromatic rings. The summed E-state index contributed by atoms with van der Waals surface area (Å²) in [6.45, 7) is 0.527. The number of benzene rings is 2. The van der Waals surface area contributed by atoms with Gasteiger partial charge in [-0.2, -0.15) is 0 Å². The van der Waals surface area contributed by atoms with Gasteiger partial charge in [0.05, 0.1) is 11.2 Å². The molecular formula is C22H23F2NO3. The summed E-state index contributed by atoms with van der Waals surface area (Å²) >= 11 is 0. The van der Waals surface area contributed by atoms with E-state index in [0.29, 0.717) is 30.5 Å². The van der Waals surface area contributed by atoms with Crippen LogP contribution in [0.3, 0.4) is 0 Å². The lowest BCUT2D eigenvalue weighted by atomic mass is 9.81. The van der Waals surface area contributed by atoms with Gasteiger partial charge >= 0.3 is 5.97 Å². The Morgan fingerprint density at radius 1 is 1.07 bits per heavy atom. The molecule has 0 radical (unpaired) electrons. The Labute approximate surface area is 162 Å². The highest BCUT2D eigenvalue weighted by Crippen LogP contribution is 2.43. The number of piperidine rings is 1. The molecule has 2 aliphatic heterocycles. The van der Waals surface area contributed by atoms with Crippen molar-refractivity contribution in [1.82, 2.24) is 4.90 Å². The Hall–Kier alpha value is -2.31. The van der Waals surface area contributed by atoms with E-state index in [4.69, 9.17) is 0 Å². The summed E-state index contributed by atoms with van der Waals surface area (Å²) in [5.41, 5.74) is 0.360. The van der Waals surface area contributed by atoms with E-state index in [0.717, 1.165) is 24.5 Å². The first-order valence-electron chi connectivity index (χ1n) is 9.58. The molecule has 2 aliphatic rings. The van der Waals surface area contributed by atoms with Crippen LogP contribution in [-0.2, 0) is 13.0 Å². The third-order valence-corrected chi connectivity index (χ3v) is 6.14. The van der Waals surface area contributed by atoms with Gasteiger partial charge in [-0.25, -0.2) is 13.6 Å². The van der Waals surface area contributed by atoms with Crippen LogP contribution < -0.4 is 0 Å². The Kier molecular flexibility index (Phi) is 4.93. The van der Waals surface area contributed by atoms with Gasteiger partial charge < -0.3 is 10.2 Å². The number of carboxylic acids is 1. The predicted molar refractivity (Wildman–Crippen MR) is 100 cm³/mol. The van der Waals surface area contributed by atoms with Crippen LogP contribution in [0.1, 0.15) is 47.2 Å².